The topological polar surface area (TPSA) is 158 Å². The number of nitrogen functional groups attached to an aromatic ring is 1. The summed E-state index contributed by atoms with van der Waals surface area (Å²) in [6.45, 7) is 4.14. The first-order chi connectivity index (χ1) is 16.8. The van der Waals surface area contributed by atoms with E-state index < -0.39 is 10.0 Å². The van der Waals surface area contributed by atoms with Crippen LogP contribution in [0.2, 0.25) is 0 Å². The number of fused-ring (bicyclic) bond motifs is 2. The van der Waals surface area contributed by atoms with Crippen LogP contribution in [-0.2, 0) is 14.8 Å². The van der Waals surface area contributed by atoms with Crippen molar-refractivity contribution in [2.75, 3.05) is 45.1 Å². The van der Waals surface area contributed by atoms with Crippen molar-refractivity contribution in [1.82, 2.24) is 24.8 Å². The molecule has 5 N–H and O–H groups in total. The number of primary sulfonamides is 1. The number of morpholine rings is 1. The number of nitrogens with zero attached hydrogens (tertiary/aromatic N) is 4. The highest BCUT2D eigenvalue weighted by molar-refractivity contribution is 7.89. The van der Waals surface area contributed by atoms with Crippen molar-refractivity contribution in [3.05, 3.63) is 54.1 Å². The van der Waals surface area contributed by atoms with E-state index in [1.165, 1.54) is 12.1 Å². The zero-order valence-electron chi connectivity index (χ0n) is 18.8. The Labute approximate surface area is 201 Å². The minimum atomic E-state index is -3.86. The average Bonchev–Trinajstić information content (AvgIpc) is 3.13. The van der Waals surface area contributed by atoms with E-state index in [4.69, 9.17) is 25.6 Å². The third-order valence-electron chi connectivity index (χ3n) is 5.97. The zero-order valence-corrected chi connectivity index (χ0v) is 19.7. The van der Waals surface area contributed by atoms with Gasteiger partial charge in [-0.3, -0.25) is 14.3 Å². The number of aromatic nitrogens is 3. The molecule has 5 rings (SSSR count). The van der Waals surface area contributed by atoms with Crippen LogP contribution in [0.5, 0.6) is 0 Å². The number of para-hydroxylation sites is 2. The van der Waals surface area contributed by atoms with E-state index in [1.54, 1.807) is 16.7 Å². The average molecular weight is 496 g/mol. The van der Waals surface area contributed by atoms with Crippen LogP contribution in [0, 0.1) is 0 Å². The quantitative estimate of drug-likeness (QED) is 0.355. The Bertz CT molecular complexity index is 1510. The Kier molecular flexibility index (Phi) is 6.11. The molecule has 0 saturated carbocycles. The number of amides is 1. The molecule has 4 aromatic rings. The Morgan fingerprint density at radius 1 is 1.03 bits per heavy atom. The molecule has 1 amide bonds. The molecule has 1 aliphatic rings. The zero-order chi connectivity index (χ0) is 24.6. The van der Waals surface area contributed by atoms with Crippen LogP contribution in [0.1, 0.15) is 10.4 Å². The molecule has 3 heterocycles. The van der Waals surface area contributed by atoms with Gasteiger partial charge in [-0.15, -0.1) is 0 Å². The second-order valence-corrected chi connectivity index (χ2v) is 9.79. The SMILES string of the molecule is Nc1c(C(=O)NCCN2CCOCC2)c2nc3ccccc3nc2n1-c1ccc(S(N)(=O)=O)cc1. The van der Waals surface area contributed by atoms with E-state index in [2.05, 4.69) is 10.2 Å². The number of nitrogens with two attached hydrogens (primary N) is 2. The normalized spacial score (nSPS) is 15.0. The summed E-state index contributed by atoms with van der Waals surface area (Å²) in [6, 6.07) is 13.2. The van der Waals surface area contributed by atoms with Gasteiger partial charge in [0.15, 0.2) is 5.65 Å². The van der Waals surface area contributed by atoms with Gasteiger partial charge in [-0.1, -0.05) is 12.1 Å². The fourth-order valence-electron chi connectivity index (χ4n) is 4.17. The van der Waals surface area contributed by atoms with E-state index in [0.29, 0.717) is 54.2 Å². The lowest BCUT2D eigenvalue weighted by molar-refractivity contribution is 0.0383. The predicted octanol–water partition coefficient (Wildman–Crippen LogP) is 0.865. The highest BCUT2D eigenvalue weighted by Crippen LogP contribution is 2.31. The number of carbonyl (C=O) groups excluding carboxylic acids is 1. The smallest absolute Gasteiger partial charge is 0.257 e. The number of ether oxygens (including phenoxy) is 1. The van der Waals surface area contributed by atoms with Gasteiger partial charge in [0.1, 0.15) is 16.9 Å². The molecular weight excluding hydrogens is 470 g/mol. The van der Waals surface area contributed by atoms with Crippen LogP contribution in [0.3, 0.4) is 0 Å². The Morgan fingerprint density at radius 2 is 1.69 bits per heavy atom. The lowest BCUT2D eigenvalue weighted by atomic mass is 10.2. The largest absolute Gasteiger partial charge is 0.384 e. The number of hydrogen-bond acceptors (Lipinski definition) is 8. The summed E-state index contributed by atoms with van der Waals surface area (Å²) < 4.78 is 30.3. The first kappa shape index (κ1) is 23.2. The lowest BCUT2D eigenvalue weighted by Crippen LogP contribution is -2.41. The number of nitrogens with one attached hydrogen (secondary N) is 1. The van der Waals surface area contributed by atoms with Gasteiger partial charge in [-0.05, 0) is 36.4 Å². The summed E-state index contributed by atoms with van der Waals surface area (Å²) in [5, 5.41) is 8.17. The van der Waals surface area contributed by atoms with Crippen molar-refractivity contribution in [3.63, 3.8) is 0 Å². The minimum absolute atomic E-state index is 0.0334. The molecule has 1 fully saturated rings. The van der Waals surface area contributed by atoms with Crippen molar-refractivity contribution in [2.45, 2.75) is 4.90 Å². The third kappa shape index (κ3) is 4.56. The molecule has 0 bridgehead atoms. The molecular formula is C23H25N7O4S. The van der Waals surface area contributed by atoms with Gasteiger partial charge < -0.3 is 15.8 Å². The molecule has 12 heteroatoms. The fourth-order valence-corrected chi connectivity index (χ4v) is 4.69. The van der Waals surface area contributed by atoms with E-state index in [1.807, 2.05) is 24.3 Å². The van der Waals surface area contributed by atoms with Crippen molar-refractivity contribution in [1.29, 1.82) is 0 Å². The van der Waals surface area contributed by atoms with Gasteiger partial charge >= 0.3 is 0 Å². The van der Waals surface area contributed by atoms with Gasteiger partial charge in [-0.25, -0.2) is 23.5 Å². The van der Waals surface area contributed by atoms with Gasteiger partial charge in [0.25, 0.3) is 5.91 Å². The molecule has 1 aliphatic heterocycles. The number of benzene rings is 2. The summed E-state index contributed by atoms with van der Waals surface area (Å²) in [4.78, 5) is 24.9. The summed E-state index contributed by atoms with van der Waals surface area (Å²) >= 11 is 0. The first-order valence-corrected chi connectivity index (χ1v) is 12.7. The van der Waals surface area contributed by atoms with Crippen LogP contribution in [0.15, 0.2) is 53.4 Å². The summed E-state index contributed by atoms with van der Waals surface area (Å²) in [6.07, 6.45) is 0. The Hall–Kier alpha value is -3.58. The molecule has 2 aromatic carbocycles. The molecule has 35 heavy (non-hydrogen) atoms. The van der Waals surface area contributed by atoms with Crippen LogP contribution < -0.4 is 16.2 Å². The van der Waals surface area contributed by atoms with Crippen molar-refractivity contribution < 1.29 is 17.9 Å². The molecule has 0 atom stereocenters. The number of anilines is 1. The summed E-state index contributed by atoms with van der Waals surface area (Å²) in [5.74, 6) is -0.201. The molecule has 11 nitrogen and oxygen atoms in total. The second kappa shape index (κ2) is 9.23. The second-order valence-electron chi connectivity index (χ2n) is 8.23. The van der Waals surface area contributed by atoms with E-state index >= 15 is 0 Å². The van der Waals surface area contributed by atoms with E-state index in [-0.39, 0.29) is 22.2 Å². The maximum absolute atomic E-state index is 13.3. The maximum atomic E-state index is 13.3. The molecule has 2 aromatic heterocycles. The standard InChI is InChI=1S/C23H25N7O4S/c24-21-19(23(31)26-9-10-29-11-13-34-14-12-29)20-22(28-18-4-2-1-3-17(18)27-20)30(21)15-5-7-16(8-6-15)35(25,32)33/h1-8H,9-14,24H2,(H,26,31)(H2,25,32,33). The molecule has 0 unspecified atom stereocenters. The fraction of sp³-hybridized carbons (Fsp3) is 0.261. The van der Waals surface area contributed by atoms with Gasteiger partial charge in [0.05, 0.1) is 29.1 Å². The van der Waals surface area contributed by atoms with Crippen LogP contribution >= 0.6 is 0 Å². The minimum Gasteiger partial charge on any atom is -0.384 e. The summed E-state index contributed by atoms with van der Waals surface area (Å²) in [5.41, 5.74) is 9.27. The molecule has 0 spiro atoms. The Morgan fingerprint density at radius 3 is 2.34 bits per heavy atom. The number of rotatable bonds is 6. The lowest BCUT2D eigenvalue weighted by Gasteiger charge is -2.26. The van der Waals surface area contributed by atoms with Crippen LogP contribution in [-0.4, -0.2) is 73.2 Å². The molecule has 1 saturated heterocycles. The maximum Gasteiger partial charge on any atom is 0.257 e. The number of carbonyl (C=O) groups is 1. The van der Waals surface area contributed by atoms with E-state index in [9.17, 15) is 13.2 Å². The van der Waals surface area contributed by atoms with Crippen LogP contribution in [0.25, 0.3) is 27.9 Å². The summed E-state index contributed by atoms with van der Waals surface area (Å²) in [7, 11) is -3.86. The van der Waals surface area contributed by atoms with Crippen molar-refractivity contribution >= 4 is 43.9 Å². The van der Waals surface area contributed by atoms with E-state index in [0.717, 1.165) is 13.1 Å². The highest BCUT2D eigenvalue weighted by atomic mass is 32.2. The van der Waals surface area contributed by atoms with Gasteiger partial charge in [-0.2, -0.15) is 0 Å². The van der Waals surface area contributed by atoms with Gasteiger partial charge in [0.2, 0.25) is 10.0 Å². The molecule has 182 valence electrons. The number of hydrogen-bond donors (Lipinski definition) is 3. The Balaban J connectivity index is 1.56. The van der Waals surface area contributed by atoms with Crippen molar-refractivity contribution in [2.24, 2.45) is 5.14 Å². The third-order valence-corrected chi connectivity index (χ3v) is 6.89. The molecule has 0 radical (unpaired) electrons. The first-order valence-electron chi connectivity index (χ1n) is 11.1. The van der Waals surface area contributed by atoms with Crippen LogP contribution in [0.4, 0.5) is 5.82 Å². The predicted molar refractivity (Wildman–Crippen MR) is 132 cm³/mol. The highest BCUT2D eigenvalue weighted by Gasteiger charge is 2.25. The monoisotopic (exact) mass is 495 g/mol. The van der Waals surface area contributed by atoms with Crippen molar-refractivity contribution in [3.8, 4) is 5.69 Å². The van der Waals surface area contributed by atoms with Gasteiger partial charge in [0, 0.05) is 31.9 Å². The number of sulfonamides is 1. The molecule has 0 aliphatic carbocycles.